The molecule has 0 aromatic carbocycles. The van der Waals surface area contributed by atoms with Crippen molar-refractivity contribution in [2.75, 3.05) is 0 Å². The van der Waals surface area contributed by atoms with E-state index in [0.29, 0.717) is 0 Å². The van der Waals surface area contributed by atoms with Crippen LogP contribution in [0.5, 0.6) is 0 Å². The fourth-order valence-electron chi connectivity index (χ4n) is 0.198. The van der Waals surface area contributed by atoms with E-state index in [9.17, 15) is 0 Å². The number of halogens is 1. The fraction of sp³-hybridized carbons (Fsp3) is 0.167. The van der Waals surface area contributed by atoms with E-state index >= 15 is 0 Å². The first kappa shape index (κ1) is 7.63. The van der Waals surface area contributed by atoms with Crippen molar-refractivity contribution < 1.29 is 0 Å². The molecule has 0 aromatic rings. The standard InChI is InChI=1S/C6H8BrN/c1-3-6(7)5-8-4-2/h3-5H,1H2,2H3/b6-5+,8-4-. The van der Waals surface area contributed by atoms with Gasteiger partial charge in [0.05, 0.1) is 0 Å². The minimum atomic E-state index is 0.899. The fourth-order valence-corrected chi connectivity index (χ4v) is 0.317. The molecule has 0 aliphatic carbocycles. The zero-order valence-corrected chi connectivity index (χ0v) is 6.35. The molecule has 0 spiro atoms. The van der Waals surface area contributed by atoms with Gasteiger partial charge in [-0.3, -0.25) is 4.99 Å². The molecule has 1 nitrogen and oxygen atoms in total. The lowest BCUT2D eigenvalue weighted by Gasteiger charge is -1.78. The maximum absolute atomic E-state index is 3.84. The number of allylic oxidation sites excluding steroid dienone is 2. The third kappa shape index (κ3) is 3.81. The predicted octanol–water partition coefficient (Wildman–Crippen LogP) is 2.50. The predicted molar refractivity (Wildman–Crippen MR) is 41.4 cm³/mol. The third-order valence-corrected chi connectivity index (χ3v) is 1.07. The van der Waals surface area contributed by atoms with Crippen molar-refractivity contribution >= 4 is 22.1 Å². The van der Waals surface area contributed by atoms with Crippen LogP contribution in [0.15, 0.2) is 28.3 Å². The number of hydrogen-bond donors (Lipinski definition) is 0. The van der Waals surface area contributed by atoms with Gasteiger partial charge >= 0.3 is 0 Å². The summed E-state index contributed by atoms with van der Waals surface area (Å²) in [7, 11) is 0. The smallest absolute Gasteiger partial charge is 0.0405 e. The minimum absolute atomic E-state index is 0.899. The van der Waals surface area contributed by atoms with Gasteiger partial charge in [0, 0.05) is 16.9 Å². The van der Waals surface area contributed by atoms with Crippen molar-refractivity contribution in [3.05, 3.63) is 23.3 Å². The Hall–Kier alpha value is -0.370. The highest BCUT2D eigenvalue weighted by atomic mass is 79.9. The zero-order chi connectivity index (χ0) is 6.41. The van der Waals surface area contributed by atoms with Crippen LogP contribution in [0.3, 0.4) is 0 Å². The van der Waals surface area contributed by atoms with E-state index in [2.05, 4.69) is 27.5 Å². The second-order valence-electron chi connectivity index (χ2n) is 1.13. The van der Waals surface area contributed by atoms with Gasteiger partial charge in [-0.05, 0) is 22.9 Å². The Bertz CT molecular complexity index is 124. The monoisotopic (exact) mass is 173 g/mol. The molecule has 0 N–H and O–H groups in total. The summed E-state index contributed by atoms with van der Waals surface area (Å²) in [4.78, 5) is 3.84. The van der Waals surface area contributed by atoms with Crippen LogP contribution in [0, 0.1) is 0 Å². The average molecular weight is 174 g/mol. The molecule has 0 heterocycles. The molecule has 0 aliphatic heterocycles. The summed E-state index contributed by atoms with van der Waals surface area (Å²) in [6.45, 7) is 5.39. The summed E-state index contributed by atoms with van der Waals surface area (Å²) in [5, 5.41) is 0. The van der Waals surface area contributed by atoms with E-state index in [4.69, 9.17) is 0 Å². The van der Waals surface area contributed by atoms with E-state index in [0.717, 1.165) is 4.48 Å². The molecule has 0 amide bonds. The molecule has 44 valence electrons. The minimum Gasteiger partial charge on any atom is -0.268 e. The molecule has 0 radical (unpaired) electrons. The van der Waals surface area contributed by atoms with Crippen molar-refractivity contribution in [3.63, 3.8) is 0 Å². The summed E-state index contributed by atoms with van der Waals surface area (Å²) >= 11 is 3.21. The second-order valence-corrected chi connectivity index (χ2v) is 2.04. The largest absolute Gasteiger partial charge is 0.268 e. The molecule has 0 aliphatic rings. The van der Waals surface area contributed by atoms with Crippen molar-refractivity contribution in [2.24, 2.45) is 4.99 Å². The number of hydrogen-bond acceptors (Lipinski definition) is 1. The van der Waals surface area contributed by atoms with E-state index < -0.39 is 0 Å². The molecule has 0 unspecified atom stereocenters. The van der Waals surface area contributed by atoms with Crippen molar-refractivity contribution in [1.29, 1.82) is 0 Å². The Morgan fingerprint density at radius 2 is 2.38 bits per heavy atom. The Labute approximate surface area is 57.9 Å². The summed E-state index contributed by atoms with van der Waals surface area (Å²) in [6.07, 6.45) is 5.09. The van der Waals surface area contributed by atoms with E-state index in [-0.39, 0.29) is 0 Å². The Kier molecular flexibility index (Phi) is 4.56. The van der Waals surface area contributed by atoms with Gasteiger partial charge in [0.15, 0.2) is 0 Å². The number of nitrogens with zero attached hydrogens (tertiary/aromatic N) is 1. The molecular formula is C6H8BrN. The lowest BCUT2D eigenvalue weighted by molar-refractivity contribution is 1.57. The first-order chi connectivity index (χ1) is 3.81. The number of rotatable bonds is 2. The van der Waals surface area contributed by atoms with Crippen LogP contribution >= 0.6 is 15.9 Å². The highest BCUT2D eigenvalue weighted by Gasteiger charge is 1.74. The molecule has 0 fully saturated rings. The Morgan fingerprint density at radius 3 is 2.75 bits per heavy atom. The lowest BCUT2D eigenvalue weighted by Crippen LogP contribution is -1.58. The van der Waals surface area contributed by atoms with Gasteiger partial charge in [-0.1, -0.05) is 12.7 Å². The molecular weight excluding hydrogens is 166 g/mol. The third-order valence-electron chi connectivity index (χ3n) is 0.542. The molecule has 0 rings (SSSR count). The lowest BCUT2D eigenvalue weighted by atomic mass is 10.6. The molecule has 0 saturated carbocycles. The number of aliphatic imine (C=N–C) groups is 1. The first-order valence-corrected chi connectivity index (χ1v) is 3.06. The summed E-state index contributed by atoms with van der Waals surface area (Å²) < 4.78 is 0.899. The maximum atomic E-state index is 3.84. The van der Waals surface area contributed by atoms with Crippen molar-refractivity contribution in [2.45, 2.75) is 6.92 Å². The zero-order valence-electron chi connectivity index (χ0n) is 4.76. The highest BCUT2D eigenvalue weighted by molar-refractivity contribution is 9.11. The molecule has 0 saturated heterocycles. The highest BCUT2D eigenvalue weighted by Crippen LogP contribution is 2.03. The Morgan fingerprint density at radius 1 is 1.75 bits per heavy atom. The van der Waals surface area contributed by atoms with E-state index in [1.54, 1.807) is 18.5 Å². The van der Waals surface area contributed by atoms with Crippen LogP contribution < -0.4 is 0 Å². The van der Waals surface area contributed by atoms with Crippen molar-refractivity contribution in [1.82, 2.24) is 0 Å². The van der Waals surface area contributed by atoms with E-state index in [1.165, 1.54) is 0 Å². The van der Waals surface area contributed by atoms with Crippen LogP contribution in [-0.2, 0) is 0 Å². The van der Waals surface area contributed by atoms with Crippen LogP contribution in [-0.4, -0.2) is 6.21 Å². The van der Waals surface area contributed by atoms with Gasteiger partial charge in [-0.25, -0.2) is 0 Å². The van der Waals surface area contributed by atoms with Gasteiger partial charge in [0.2, 0.25) is 0 Å². The van der Waals surface area contributed by atoms with Gasteiger partial charge < -0.3 is 0 Å². The van der Waals surface area contributed by atoms with Crippen molar-refractivity contribution in [3.8, 4) is 0 Å². The van der Waals surface area contributed by atoms with Gasteiger partial charge in [0.25, 0.3) is 0 Å². The van der Waals surface area contributed by atoms with Crippen LogP contribution in [0.4, 0.5) is 0 Å². The molecule has 0 bridgehead atoms. The van der Waals surface area contributed by atoms with Gasteiger partial charge in [-0.2, -0.15) is 0 Å². The van der Waals surface area contributed by atoms with Crippen LogP contribution in [0.2, 0.25) is 0 Å². The topological polar surface area (TPSA) is 12.4 Å². The van der Waals surface area contributed by atoms with E-state index in [1.807, 2.05) is 6.92 Å². The summed E-state index contributed by atoms with van der Waals surface area (Å²) in [6, 6.07) is 0. The Balaban J connectivity index is 3.74. The summed E-state index contributed by atoms with van der Waals surface area (Å²) in [5.74, 6) is 0. The molecule has 0 atom stereocenters. The van der Waals surface area contributed by atoms with Gasteiger partial charge in [-0.15, -0.1) is 0 Å². The SMILES string of the molecule is C=C/C(Br)=C\N=C/C. The summed E-state index contributed by atoms with van der Waals surface area (Å²) in [5.41, 5.74) is 0. The average Bonchev–Trinajstić information content (AvgIpc) is 1.83. The quantitative estimate of drug-likeness (QED) is 0.450. The van der Waals surface area contributed by atoms with Gasteiger partial charge in [0.1, 0.15) is 0 Å². The maximum Gasteiger partial charge on any atom is 0.0405 e. The normalized spacial score (nSPS) is 12.5. The molecule has 8 heavy (non-hydrogen) atoms. The van der Waals surface area contributed by atoms with Crippen LogP contribution in [0.25, 0.3) is 0 Å². The molecule has 2 heteroatoms. The van der Waals surface area contributed by atoms with Crippen LogP contribution in [0.1, 0.15) is 6.92 Å². The molecule has 0 aromatic heterocycles. The first-order valence-electron chi connectivity index (χ1n) is 2.27. The second kappa shape index (κ2) is 4.78.